The minimum Gasteiger partial charge on any atom is -0.481 e. The summed E-state index contributed by atoms with van der Waals surface area (Å²) in [6.45, 7) is -0.932. The van der Waals surface area contributed by atoms with E-state index in [2.05, 4.69) is 4.74 Å². The van der Waals surface area contributed by atoms with Crippen LogP contribution in [0.25, 0.3) is 0 Å². The summed E-state index contributed by atoms with van der Waals surface area (Å²) in [6.07, 6.45) is 1.37. The minimum absolute atomic E-state index is 0.0482. The van der Waals surface area contributed by atoms with E-state index in [-0.39, 0.29) is 12.2 Å². The molecule has 6 heteroatoms. The van der Waals surface area contributed by atoms with Crippen molar-refractivity contribution in [3.05, 3.63) is 29.8 Å². The molecule has 0 saturated carbocycles. The van der Waals surface area contributed by atoms with Crippen LogP contribution in [0.4, 0.5) is 8.78 Å². The molecule has 1 unspecified atom stereocenters. The predicted octanol–water partition coefficient (Wildman–Crippen LogP) is 3.02. The molecule has 1 rings (SSSR count). The number of carbonyl (C=O) groups is 1. The first-order valence-corrected chi connectivity index (χ1v) is 6.66. The Kier molecular flexibility index (Phi) is 6.08. The fraction of sp³-hybridized carbons (Fsp3) is 0.533. The van der Waals surface area contributed by atoms with Gasteiger partial charge in [0.15, 0.2) is 0 Å². The van der Waals surface area contributed by atoms with E-state index >= 15 is 0 Å². The summed E-state index contributed by atoms with van der Waals surface area (Å²) >= 11 is 0. The molecule has 0 bridgehead atoms. The van der Waals surface area contributed by atoms with E-state index in [0.717, 1.165) is 5.56 Å². The van der Waals surface area contributed by atoms with Gasteiger partial charge in [0, 0.05) is 5.54 Å². The van der Waals surface area contributed by atoms with Crippen LogP contribution in [-0.4, -0.2) is 42.2 Å². The lowest BCUT2D eigenvalue weighted by Crippen LogP contribution is -2.43. The maximum atomic E-state index is 12.1. The number of aliphatic carboxylic acids is 1. The lowest BCUT2D eigenvalue weighted by Gasteiger charge is -2.35. The second-order valence-electron chi connectivity index (χ2n) is 5.48. The quantitative estimate of drug-likeness (QED) is 0.802. The number of carboxylic acids is 1. The van der Waals surface area contributed by atoms with Gasteiger partial charge in [-0.3, -0.25) is 4.79 Å². The lowest BCUT2D eigenvalue weighted by atomic mass is 9.89. The Morgan fingerprint density at radius 2 is 1.90 bits per heavy atom. The van der Waals surface area contributed by atoms with Gasteiger partial charge in [-0.05, 0) is 51.6 Å². The Balaban J connectivity index is 2.66. The first-order chi connectivity index (χ1) is 9.73. The van der Waals surface area contributed by atoms with Crippen LogP contribution in [-0.2, 0) is 11.2 Å². The topological polar surface area (TPSA) is 49.8 Å². The zero-order chi connectivity index (χ0) is 16.0. The first kappa shape index (κ1) is 17.4. The number of aryl methyl sites for hydroxylation is 1. The van der Waals surface area contributed by atoms with Crippen molar-refractivity contribution in [2.24, 2.45) is 0 Å². The Hall–Kier alpha value is -1.69. The molecule has 0 heterocycles. The number of hydrogen-bond donors (Lipinski definition) is 1. The predicted molar refractivity (Wildman–Crippen MR) is 75.7 cm³/mol. The molecule has 4 nitrogen and oxygen atoms in total. The van der Waals surface area contributed by atoms with Crippen LogP contribution in [0.2, 0.25) is 0 Å². The molecule has 1 N–H and O–H groups in total. The van der Waals surface area contributed by atoms with E-state index in [9.17, 15) is 13.6 Å². The van der Waals surface area contributed by atoms with Crippen LogP contribution in [0.5, 0.6) is 5.75 Å². The molecule has 0 amide bonds. The van der Waals surface area contributed by atoms with Crippen LogP contribution in [0.3, 0.4) is 0 Å². The van der Waals surface area contributed by atoms with Gasteiger partial charge in [-0.15, -0.1) is 0 Å². The highest BCUT2D eigenvalue weighted by Crippen LogP contribution is 2.24. The molecule has 1 aromatic rings. The van der Waals surface area contributed by atoms with Gasteiger partial charge in [0.25, 0.3) is 0 Å². The third-order valence-electron chi connectivity index (χ3n) is 3.71. The molecule has 0 aliphatic rings. The molecular formula is C15H21F2NO3. The van der Waals surface area contributed by atoms with E-state index in [4.69, 9.17) is 5.11 Å². The number of halogens is 2. The fourth-order valence-electron chi connectivity index (χ4n) is 2.05. The number of hydrogen-bond acceptors (Lipinski definition) is 3. The van der Waals surface area contributed by atoms with Crippen molar-refractivity contribution in [2.75, 3.05) is 14.1 Å². The summed E-state index contributed by atoms with van der Waals surface area (Å²) < 4.78 is 28.4. The third kappa shape index (κ3) is 5.67. The second kappa shape index (κ2) is 7.36. The van der Waals surface area contributed by atoms with E-state index < -0.39 is 18.1 Å². The summed E-state index contributed by atoms with van der Waals surface area (Å²) in [4.78, 5) is 12.9. The first-order valence-electron chi connectivity index (χ1n) is 6.66. The number of alkyl halides is 2. The van der Waals surface area contributed by atoms with Crippen molar-refractivity contribution in [1.82, 2.24) is 4.90 Å². The smallest absolute Gasteiger partial charge is 0.387 e. The highest BCUT2D eigenvalue weighted by atomic mass is 19.3. The molecule has 0 saturated heterocycles. The molecule has 0 radical (unpaired) electrons. The Bertz CT molecular complexity index is 462. The van der Waals surface area contributed by atoms with Crippen molar-refractivity contribution < 1.29 is 23.4 Å². The summed E-state index contributed by atoms with van der Waals surface area (Å²) in [5.41, 5.74) is 0.499. The maximum absolute atomic E-state index is 12.1. The summed E-state index contributed by atoms with van der Waals surface area (Å²) in [5, 5.41) is 9.00. The Labute approximate surface area is 123 Å². The zero-order valence-electron chi connectivity index (χ0n) is 12.5. The highest BCUT2D eigenvalue weighted by molar-refractivity contribution is 5.68. The van der Waals surface area contributed by atoms with Crippen molar-refractivity contribution in [3.63, 3.8) is 0 Å². The third-order valence-corrected chi connectivity index (χ3v) is 3.71. The number of rotatable bonds is 8. The lowest BCUT2D eigenvalue weighted by molar-refractivity contribution is -0.139. The van der Waals surface area contributed by atoms with Crippen molar-refractivity contribution >= 4 is 5.97 Å². The van der Waals surface area contributed by atoms with E-state index in [1.807, 2.05) is 25.9 Å². The van der Waals surface area contributed by atoms with E-state index in [0.29, 0.717) is 12.8 Å². The molecule has 0 spiro atoms. The van der Waals surface area contributed by atoms with Gasteiger partial charge in [-0.2, -0.15) is 8.78 Å². The van der Waals surface area contributed by atoms with E-state index in [1.54, 1.807) is 12.1 Å². The second-order valence-corrected chi connectivity index (χ2v) is 5.48. The van der Waals surface area contributed by atoms with Crippen LogP contribution in [0.1, 0.15) is 25.3 Å². The van der Waals surface area contributed by atoms with Crippen molar-refractivity contribution in [2.45, 2.75) is 38.3 Å². The van der Waals surface area contributed by atoms with Crippen LogP contribution in [0, 0.1) is 0 Å². The fourth-order valence-corrected chi connectivity index (χ4v) is 2.05. The van der Waals surface area contributed by atoms with Crippen LogP contribution in [0.15, 0.2) is 24.3 Å². The molecular weight excluding hydrogens is 280 g/mol. The number of nitrogens with zero attached hydrogens (tertiary/aromatic N) is 1. The molecule has 1 aromatic carbocycles. The van der Waals surface area contributed by atoms with Crippen LogP contribution < -0.4 is 4.74 Å². The molecule has 0 fully saturated rings. The van der Waals surface area contributed by atoms with Crippen molar-refractivity contribution in [3.8, 4) is 5.75 Å². The summed E-state index contributed by atoms with van der Waals surface area (Å²) in [7, 11) is 3.70. The van der Waals surface area contributed by atoms with Crippen LogP contribution >= 0.6 is 0 Å². The van der Waals surface area contributed by atoms with Gasteiger partial charge in [0.2, 0.25) is 0 Å². The molecule has 0 aromatic heterocycles. The standard InChI is InChI=1S/C15H21F2NO3/c1-15(18(2)3,10-13(19)20)9-8-11-4-6-12(7-5-11)21-14(16)17/h4-7,14H,8-10H2,1-3H3,(H,19,20). The monoisotopic (exact) mass is 301 g/mol. The summed E-state index contributed by atoms with van der Waals surface area (Å²) in [6, 6.07) is 6.42. The van der Waals surface area contributed by atoms with Gasteiger partial charge in [-0.25, -0.2) is 0 Å². The number of carboxylic acid groups (broad SMARTS) is 1. The van der Waals surface area contributed by atoms with Gasteiger partial charge < -0.3 is 14.7 Å². The SMILES string of the molecule is CN(C)C(C)(CCc1ccc(OC(F)F)cc1)CC(=O)O. The van der Waals surface area contributed by atoms with E-state index in [1.165, 1.54) is 12.1 Å². The molecule has 1 atom stereocenters. The molecule has 118 valence electrons. The van der Waals surface area contributed by atoms with Gasteiger partial charge in [0.05, 0.1) is 6.42 Å². The molecule has 0 aliphatic carbocycles. The zero-order valence-corrected chi connectivity index (χ0v) is 12.5. The normalized spacial score (nSPS) is 14.2. The highest BCUT2D eigenvalue weighted by Gasteiger charge is 2.29. The Morgan fingerprint density at radius 1 is 1.33 bits per heavy atom. The Morgan fingerprint density at radius 3 is 2.33 bits per heavy atom. The van der Waals surface area contributed by atoms with Gasteiger partial charge >= 0.3 is 12.6 Å². The number of benzene rings is 1. The summed E-state index contributed by atoms with van der Waals surface area (Å²) in [5.74, 6) is -0.721. The average molecular weight is 301 g/mol. The molecule has 21 heavy (non-hydrogen) atoms. The minimum atomic E-state index is -2.83. The van der Waals surface area contributed by atoms with Gasteiger partial charge in [0.1, 0.15) is 5.75 Å². The van der Waals surface area contributed by atoms with Gasteiger partial charge in [-0.1, -0.05) is 12.1 Å². The molecule has 0 aliphatic heterocycles. The number of ether oxygens (including phenoxy) is 1. The maximum Gasteiger partial charge on any atom is 0.387 e. The average Bonchev–Trinajstić information content (AvgIpc) is 2.36. The van der Waals surface area contributed by atoms with Crippen molar-refractivity contribution in [1.29, 1.82) is 0 Å². The largest absolute Gasteiger partial charge is 0.481 e.